The third-order valence-corrected chi connectivity index (χ3v) is 4.59. The summed E-state index contributed by atoms with van der Waals surface area (Å²) in [5.41, 5.74) is 1.76. The Morgan fingerprint density at radius 3 is 2.34 bits per heavy atom. The summed E-state index contributed by atoms with van der Waals surface area (Å²) in [4.78, 5) is 39.5. The smallest absolute Gasteiger partial charge is 0.338 e. The normalized spacial score (nSPS) is 20.1. The van der Waals surface area contributed by atoms with Gasteiger partial charge in [-0.1, -0.05) is 18.2 Å². The van der Waals surface area contributed by atoms with Crippen LogP contribution < -0.4 is 15.1 Å². The number of ether oxygens (including phenoxy) is 2. The summed E-state index contributed by atoms with van der Waals surface area (Å²) in [6.07, 6.45) is 0. The van der Waals surface area contributed by atoms with Crippen molar-refractivity contribution in [3.05, 3.63) is 54.6 Å². The van der Waals surface area contributed by atoms with Crippen molar-refractivity contribution in [1.82, 2.24) is 0 Å². The van der Waals surface area contributed by atoms with Crippen LogP contribution in [0.25, 0.3) is 0 Å². The summed E-state index contributed by atoms with van der Waals surface area (Å²) >= 11 is 0. The maximum absolute atomic E-state index is 12.9. The number of nitrogens with one attached hydrogen (secondary N) is 1. The summed E-state index contributed by atoms with van der Waals surface area (Å²) in [6.45, 7) is 3.20. The number of carbonyl (C=O) groups excluding carboxylic acids is 3. The molecule has 1 atom stereocenters. The van der Waals surface area contributed by atoms with Gasteiger partial charge in [0.25, 0.3) is 5.78 Å². The fourth-order valence-electron chi connectivity index (χ4n) is 3.09. The monoisotopic (exact) mass is 395 g/mol. The van der Waals surface area contributed by atoms with Crippen molar-refractivity contribution in [3.63, 3.8) is 0 Å². The van der Waals surface area contributed by atoms with E-state index in [-0.39, 0.29) is 12.3 Å². The summed E-state index contributed by atoms with van der Waals surface area (Å²) in [5.74, 6) is -1.80. The van der Waals surface area contributed by atoms with Gasteiger partial charge in [-0.15, -0.1) is 0 Å². The summed E-state index contributed by atoms with van der Waals surface area (Å²) < 4.78 is 10.3. The van der Waals surface area contributed by atoms with Crippen LogP contribution in [-0.2, 0) is 19.1 Å². The number of hydrogen-bond donors (Lipinski definition) is 1. The van der Waals surface area contributed by atoms with Crippen LogP contribution in [0.15, 0.2) is 59.7 Å². The lowest BCUT2D eigenvalue weighted by Crippen LogP contribution is -2.55. The highest BCUT2D eigenvalue weighted by molar-refractivity contribution is 6.75. The molecule has 1 aliphatic rings. The zero-order valence-electron chi connectivity index (χ0n) is 16.3. The lowest BCUT2D eigenvalue weighted by atomic mass is 9.95. The molecule has 0 radical (unpaired) electrons. The first-order valence-electron chi connectivity index (χ1n) is 9.02. The second kappa shape index (κ2) is 8.14. The van der Waals surface area contributed by atoms with E-state index in [0.717, 1.165) is 4.90 Å². The van der Waals surface area contributed by atoms with Crippen LogP contribution >= 0.6 is 0 Å². The van der Waals surface area contributed by atoms with Crippen LogP contribution in [0.5, 0.6) is 5.75 Å². The molecule has 0 aromatic heterocycles. The Labute approximate surface area is 168 Å². The predicted molar refractivity (Wildman–Crippen MR) is 108 cm³/mol. The number of rotatable bonds is 6. The van der Waals surface area contributed by atoms with Gasteiger partial charge in [-0.05, 0) is 50.2 Å². The minimum absolute atomic E-state index is 0.0959. The van der Waals surface area contributed by atoms with Crippen molar-refractivity contribution in [3.8, 4) is 5.75 Å². The number of carbonyl (C=O) groups is 3. The van der Waals surface area contributed by atoms with Crippen LogP contribution in [0.3, 0.4) is 0 Å². The van der Waals surface area contributed by atoms with Crippen LogP contribution in [0, 0.1) is 0 Å². The molecule has 1 unspecified atom stereocenters. The molecule has 8 nitrogen and oxygen atoms in total. The third kappa shape index (κ3) is 3.56. The molecule has 1 heterocycles. The molecule has 150 valence electrons. The molecule has 0 aliphatic carbocycles. The van der Waals surface area contributed by atoms with Crippen molar-refractivity contribution in [2.45, 2.75) is 19.4 Å². The van der Waals surface area contributed by atoms with E-state index in [9.17, 15) is 14.4 Å². The van der Waals surface area contributed by atoms with E-state index < -0.39 is 23.2 Å². The maximum atomic E-state index is 12.9. The standard InChI is InChI=1S/C21H21N3O5/c1-4-29-20(27)21(2)18(23-22-14-10-12-16(28-3)13-11-14)17(25)19(26)24(21)15-8-6-5-7-9-15/h5-13,22H,4H2,1-3H3/b23-18-. The van der Waals surface area contributed by atoms with Crippen LogP contribution in [0.2, 0.25) is 0 Å². The highest BCUT2D eigenvalue weighted by Gasteiger charge is 2.60. The molecule has 1 N–H and O–H groups in total. The van der Waals surface area contributed by atoms with Gasteiger partial charge in [-0.25, -0.2) is 4.79 Å². The number of methoxy groups -OCH3 is 1. The number of benzene rings is 2. The topological polar surface area (TPSA) is 97.3 Å². The van der Waals surface area contributed by atoms with E-state index in [1.54, 1.807) is 68.6 Å². The second-order valence-electron chi connectivity index (χ2n) is 6.40. The Morgan fingerprint density at radius 1 is 1.10 bits per heavy atom. The molecule has 0 bridgehead atoms. The van der Waals surface area contributed by atoms with Gasteiger partial charge in [-0.3, -0.25) is 19.9 Å². The number of amides is 1. The van der Waals surface area contributed by atoms with Crippen LogP contribution in [-0.4, -0.2) is 42.6 Å². The van der Waals surface area contributed by atoms with Crippen LogP contribution in [0.1, 0.15) is 13.8 Å². The van der Waals surface area contributed by atoms with Gasteiger partial charge in [0.05, 0.1) is 19.4 Å². The number of esters is 1. The van der Waals surface area contributed by atoms with Gasteiger partial charge >= 0.3 is 11.9 Å². The number of hydrogen-bond acceptors (Lipinski definition) is 7. The molecular formula is C21H21N3O5. The van der Waals surface area contributed by atoms with E-state index in [0.29, 0.717) is 17.1 Å². The lowest BCUT2D eigenvalue weighted by Gasteiger charge is -2.31. The Bertz CT molecular complexity index is 956. The minimum Gasteiger partial charge on any atom is -0.497 e. The number of nitrogens with zero attached hydrogens (tertiary/aromatic N) is 2. The van der Waals surface area contributed by atoms with Crippen molar-refractivity contribution >= 4 is 34.7 Å². The van der Waals surface area contributed by atoms with Crippen LogP contribution in [0.4, 0.5) is 11.4 Å². The van der Waals surface area contributed by atoms with Gasteiger partial charge in [-0.2, -0.15) is 5.10 Å². The number of ketones is 1. The number of Topliss-reactive ketones (excluding diaryl/α,β-unsaturated/α-hetero) is 1. The number of anilines is 2. The Morgan fingerprint density at radius 2 is 1.76 bits per heavy atom. The molecule has 0 spiro atoms. The fraction of sp³-hybridized carbons (Fsp3) is 0.238. The SMILES string of the molecule is CCOC(=O)C1(C)/C(=N\Nc2ccc(OC)cc2)C(=O)C(=O)N1c1ccccc1. The van der Waals surface area contributed by atoms with Crippen molar-refractivity contribution in [2.24, 2.45) is 5.10 Å². The van der Waals surface area contributed by atoms with E-state index >= 15 is 0 Å². The summed E-state index contributed by atoms with van der Waals surface area (Å²) in [7, 11) is 1.55. The van der Waals surface area contributed by atoms with Crippen molar-refractivity contribution < 1.29 is 23.9 Å². The molecule has 2 aromatic rings. The van der Waals surface area contributed by atoms with Gasteiger partial charge in [0.1, 0.15) is 5.75 Å². The van der Waals surface area contributed by atoms with Gasteiger partial charge < -0.3 is 9.47 Å². The first-order chi connectivity index (χ1) is 13.9. The molecule has 2 aromatic carbocycles. The Kier molecular flexibility index (Phi) is 5.63. The third-order valence-electron chi connectivity index (χ3n) is 4.59. The molecule has 3 rings (SSSR count). The molecule has 29 heavy (non-hydrogen) atoms. The molecule has 1 amide bonds. The molecule has 1 saturated heterocycles. The largest absolute Gasteiger partial charge is 0.497 e. The fourth-order valence-corrected chi connectivity index (χ4v) is 3.09. The second-order valence-corrected chi connectivity index (χ2v) is 6.40. The predicted octanol–water partition coefficient (Wildman–Crippen LogP) is 2.40. The van der Waals surface area contributed by atoms with Gasteiger partial charge in [0, 0.05) is 5.69 Å². The average Bonchev–Trinajstić information content (AvgIpc) is 2.94. The van der Waals surface area contributed by atoms with Gasteiger partial charge in [0.15, 0.2) is 11.3 Å². The minimum atomic E-state index is -1.70. The van der Waals surface area contributed by atoms with Crippen molar-refractivity contribution in [2.75, 3.05) is 24.0 Å². The number of para-hydroxylation sites is 1. The average molecular weight is 395 g/mol. The summed E-state index contributed by atoms with van der Waals surface area (Å²) in [6, 6.07) is 15.3. The molecular weight excluding hydrogens is 374 g/mol. The Balaban J connectivity index is 2.04. The molecule has 0 saturated carbocycles. The highest BCUT2D eigenvalue weighted by Crippen LogP contribution is 2.33. The van der Waals surface area contributed by atoms with Crippen molar-refractivity contribution in [1.29, 1.82) is 0 Å². The quantitative estimate of drug-likeness (QED) is 0.458. The molecule has 1 aliphatic heterocycles. The Hall–Kier alpha value is -3.68. The van der Waals surface area contributed by atoms with E-state index in [2.05, 4.69) is 10.5 Å². The summed E-state index contributed by atoms with van der Waals surface area (Å²) in [5, 5.41) is 4.13. The maximum Gasteiger partial charge on any atom is 0.338 e. The van der Waals surface area contributed by atoms with E-state index in [1.165, 1.54) is 6.92 Å². The molecule has 8 heteroatoms. The van der Waals surface area contributed by atoms with E-state index in [1.807, 2.05) is 0 Å². The zero-order chi connectivity index (χ0) is 21.0. The molecule has 1 fully saturated rings. The van der Waals surface area contributed by atoms with E-state index in [4.69, 9.17) is 9.47 Å². The highest BCUT2D eigenvalue weighted by atomic mass is 16.5. The first-order valence-corrected chi connectivity index (χ1v) is 9.02. The van der Waals surface area contributed by atoms with Gasteiger partial charge in [0.2, 0.25) is 0 Å². The zero-order valence-corrected chi connectivity index (χ0v) is 16.3. The first kappa shape index (κ1) is 20.1. The lowest BCUT2D eigenvalue weighted by molar-refractivity contribution is -0.147. The number of hydrazone groups is 1.